The van der Waals surface area contributed by atoms with Crippen LogP contribution in [0.1, 0.15) is 84.1 Å². The predicted octanol–water partition coefficient (Wildman–Crippen LogP) is 3.11. The quantitative estimate of drug-likeness (QED) is 0.260. The second-order valence-electron chi connectivity index (χ2n) is 14.3. The third kappa shape index (κ3) is 6.61. The van der Waals surface area contributed by atoms with Crippen LogP contribution in [0.4, 0.5) is 0 Å². The number of phenolic OH excluding ortho intramolecular Hbond substituents is 1. The number of ether oxygens (including phenoxy) is 2. The summed E-state index contributed by atoms with van der Waals surface area (Å²) in [6, 6.07) is 5.18. The number of ketones is 2. The summed E-state index contributed by atoms with van der Waals surface area (Å²) in [7, 11) is 0. The molecular weight excluding hydrogens is 606 g/mol. The van der Waals surface area contributed by atoms with E-state index in [-0.39, 0.29) is 73.4 Å². The second-order valence-corrected chi connectivity index (χ2v) is 14.3. The monoisotopic (exact) mass is 653 g/mol. The molecule has 5 rings (SSSR count). The maximum absolute atomic E-state index is 13.5. The number of carbonyl (C=O) groups excluding carboxylic acids is 5. The van der Waals surface area contributed by atoms with E-state index in [2.05, 4.69) is 12.2 Å². The number of fused-ring (bicyclic) bond motifs is 5. The fraction of sp³-hybridized carbons (Fsp3) is 0.639. The Kier molecular flexibility index (Phi) is 9.99. The Balaban J connectivity index is 1.16. The molecule has 11 heteroatoms. The fourth-order valence-electron chi connectivity index (χ4n) is 9.27. The first-order valence-electron chi connectivity index (χ1n) is 16.8. The van der Waals surface area contributed by atoms with E-state index in [1.165, 1.54) is 12.1 Å². The average molecular weight is 654 g/mol. The van der Waals surface area contributed by atoms with Crippen LogP contribution in [0.5, 0.6) is 5.75 Å². The van der Waals surface area contributed by atoms with E-state index in [1.54, 1.807) is 25.1 Å². The van der Waals surface area contributed by atoms with Crippen LogP contribution < -0.4 is 5.32 Å². The van der Waals surface area contributed by atoms with Crippen molar-refractivity contribution in [1.29, 1.82) is 0 Å². The molecule has 1 unspecified atom stereocenters. The number of phenols is 1. The standard InChI is InChI=1S/C36H47NO10/c1-4-46-33(44)27(17-21-5-8-23(38)9-6-21)37-30(42)11-12-31(43)47-20-29(41)36(45)16-14-26-25-10-7-22-18-24(39)13-15-34(22,2)32(25)28(40)19-35(26,36)3/h5-6,8-9,18,25-28,32,38,40,45H,4,7,10-17,19-20H2,1-3H3,(H,37,42)/t25-,26-,27?,28-,32+,34-,35-,36-/m0/s1. The lowest BCUT2D eigenvalue weighted by Gasteiger charge is -2.60. The number of aliphatic hydroxyl groups is 2. The smallest absolute Gasteiger partial charge is 0.328 e. The Morgan fingerprint density at radius 3 is 2.45 bits per heavy atom. The zero-order chi connectivity index (χ0) is 34.1. The van der Waals surface area contributed by atoms with Crippen molar-refractivity contribution >= 4 is 29.4 Å². The number of Topliss-reactive ketones (excluding diaryl/α,β-unsaturated/α-hetero) is 1. The van der Waals surface area contributed by atoms with E-state index >= 15 is 0 Å². The van der Waals surface area contributed by atoms with Gasteiger partial charge >= 0.3 is 11.9 Å². The summed E-state index contributed by atoms with van der Waals surface area (Å²) in [6.45, 7) is 5.13. The van der Waals surface area contributed by atoms with Gasteiger partial charge in [0.2, 0.25) is 11.7 Å². The van der Waals surface area contributed by atoms with Gasteiger partial charge in [0.25, 0.3) is 0 Å². The van der Waals surface area contributed by atoms with E-state index in [0.29, 0.717) is 24.8 Å². The maximum atomic E-state index is 13.5. The SMILES string of the molecule is CCOC(=O)C(Cc1ccc(O)cc1)NC(=O)CCC(=O)OCC(=O)[C@@]1(O)CC[C@H]2[C@@H]3CCC4=CC(=O)CC[C@]4(C)[C@H]3[C@@H](O)C[C@@]21C. The van der Waals surface area contributed by atoms with Gasteiger partial charge < -0.3 is 30.1 Å². The third-order valence-electron chi connectivity index (χ3n) is 11.7. The van der Waals surface area contributed by atoms with Crippen molar-refractivity contribution < 1.29 is 48.8 Å². The molecule has 1 aromatic carbocycles. The minimum Gasteiger partial charge on any atom is -0.508 e. The van der Waals surface area contributed by atoms with Crippen molar-refractivity contribution in [2.45, 2.75) is 103 Å². The molecule has 8 atom stereocenters. The number of rotatable bonds is 11. The summed E-state index contributed by atoms with van der Waals surface area (Å²) in [6.07, 6.45) is 4.24. The normalized spacial score (nSPS) is 33.4. The first-order valence-corrected chi connectivity index (χ1v) is 16.8. The van der Waals surface area contributed by atoms with Crippen molar-refractivity contribution in [3.63, 3.8) is 0 Å². The molecule has 1 amide bonds. The van der Waals surface area contributed by atoms with Gasteiger partial charge in [-0.1, -0.05) is 31.6 Å². The minimum atomic E-state index is -1.78. The lowest BCUT2D eigenvalue weighted by molar-refractivity contribution is -0.184. The number of aromatic hydroxyl groups is 1. The molecule has 3 fully saturated rings. The summed E-state index contributed by atoms with van der Waals surface area (Å²) in [5.41, 5.74) is -1.17. The molecule has 4 aliphatic carbocycles. The molecule has 256 valence electrons. The number of hydrogen-bond acceptors (Lipinski definition) is 10. The molecule has 0 aromatic heterocycles. The highest BCUT2D eigenvalue weighted by Gasteiger charge is 2.68. The van der Waals surface area contributed by atoms with Gasteiger partial charge in [0.05, 0.1) is 19.1 Å². The largest absolute Gasteiger partial charge is 0.508 e. The van der Waals surface area contributed by atoms with Crippen LogP contribution >= 0.6 is 0 Å². The van der Waals surface area contributed by atoms with Crippen molar-refractivity contribution in [2.24, 2.45) is 28.6 Å². The first-order chi connectivity index (χ1) is 22.2. The van der Waals surface area contributed by atoms with Crippen LogP contribution in [0.3, 0.4) is 0 Å². The lowest BCUT2D eigenvalue weighted by Crippen LogP contribution is -2.62. The van der Waals surface area contributed by atoms with Crippen molar-refractivity contribution in [3.05, 3.63) is 41.5 Å². The highest BCUT2D eigenvalue weighted by molar-refractivity contribution is 5.92. The minimum absolute atomic E-state index is 0.00540. The Labute approximate surface area is 275 Å². The van der Waals surface area contributed by atoms with Crippen LogP contribution in [-0.2, 0) is 39.9 Å². The second kappa shape index (κ2) is 13.5. The number of carbonyl (C=O) groups is 5. The van der Waals surface area contributed by atoms with Crippen LogP contribution in [0, 0.1) is 28.6 Å². The summed E-state index contributed by atoms with van der Waals surface area (Å²) in [5.74, 6) is -2.40. The predicted molar refractivity (Wildman–Crippen MR) is 169 cm³/mol. The fourth-order valence-corrected chi connectivity index (χ4v) is 9.27. The van der Waals surface area contributed by atoms with E-state index < -0.39 is 53.4 Å². The van der Waals surface area contributed by atoms with E-state index in [1.807, 2.05) is 6.92 Å². The zero-order valence-corrected chi connectivity index (χ0v) is 27.5. The molecule has 0 bridgehead atoms. The van der Waals surface area contributed by atoms with Crippen molar-refractivity contribution in [3.8, 4) is 5.75 Å². The summed E-state index contributed by atoms with van der Waals surface area (Å²) in [4.78, 5) is 63.4. The van der Waals surface area contributed by atoms with Crippen LogP contribution in [-0.4, -0.2) is 75.7 Å². The van der Waals surface area contributed by atoms with Gasteiger partial charge in [0.15, 0.2) is 12.4 Å². The number of allylic oxidation sites excluding steroid dienone is 1. The number of amides is 1. The van der Waals surface area contributed by atoms with Gasteiger partial charge in [0, 0.05) is 24.7 Å². The lowest BCUT2D eigenvalue weighted by atomic mass is 9.45. The molecule has 11 nitrogen and oxygen atoms in total. The maximum Gasteiger partial charge on any atom is 0.328 e. The third-order valence-corrected chi connectivity index (χ3v) is 11.7. The molecule has 3 saturated carbocycles. The number of benzene rings is 1. The van der Waals surface area contributed by atoms with E-state index in [4.69, 9.17) is 9.47 Å². The van der Waals surface area contributed by atoms with Gasteiger partial charge in [0.1, 0.15) is 17.4 Å². The van der Waals surface area contributed by atoms with Crippen molar-refractivity contribution in [1.82, 2.24) is 5.32 Å². The molecule has 47 heavy (non-hydrogen) atoms. The molecule has 0 saturated heterocycles. The summed E-state index contributed by atoms with van der Waals surface area (Å²) < 4.78 is 10.3. The molecule has 4 N–H and O–H groups in total. The van der Waals surface area contributed by atoms with Crippen LogP contribution in [0.15, 0.2) is 35.9 Å². The Morgan fingerprint density at radius 1 is 1.02 bits per heavy atom. The van der Waals surface area contributed by atoms with E-state index in [9.17, 15) is 39.3 Å². The molecule has 0 spiro atoms. The van der Waals surface area contributed by atoms with Gasteiger partial charge in [-0.05, 0) is 92.4 Å². The number of esters is 2. The van der Waals surface area contributed by atoms with Crippen LogP contribution in [0.25, 0.3) is 0 Å². The average Bonchev–Trinajstić information content (AvgIpc) is 3.30. The van der Waals surface area contributed by atoms with Gasteiger partial charge in [-0.25, -0.2) is 4.79 Å². The van der Waals surface area contributed by atoms with Gasteiger partial charge in [-0.2, -0.15) is 0 Å². The Morgan fingerprint density at radius 2 is 1.74 bits per heavy atom. The molecule has 0 aliphatic heterocycles. The molecule has 0 radical (unpaired) electrons. The van der Waals surface area contributed by atoms with Gasteiger partial charge in [-0.15, -0.1) is 0 Å². The highest BCUT2D eigenvalue weighted by atomic mass is 16.5. The number of aliphatic hydroxyl groups excluding tert-OH is 1. The Bertz CT molecular complexity index is 1440. The highest BCUT2D eigenvalue weighted by Crippen LogP contribution is 2.67. The molecular formula is C36H47NO10. The van der Waals surface area contributed by atoms with E-state index in [0.717, 1.165) is 18.4 Å². The zero-order valence-electron chi connectivity index (χ0n) is 27.5. The van der Waals surface area contributed by atoms with Crippen molar-refractivity contribution in [2.75, 3.05) is 13.2 Å². The summed E-state index contributed by atoms with van der Waals surface area (Å²) in [5, 5.41) is 35.5. The van der Waals surface area contributed by atoms with Gasteiger partial charge in [-0.3, -0.25) is 19.2 Å². The topological polar surface area (TPSA) is 177 Å². The van der Waals surface area contributed by atoms with Crippen LogP contribution in [0.2, 0.25) is 0 Å². The number of nitrogens with one attached hydrogen (secondary N) is 1. The number of hydrogen-bond donors (Lipinski definition) is 4. The molecule has 1 aromatic rings. The molecule has 0 heterocycles. The summed E-state index contributed by atoms with van der Waals surface area (Å²) >= 11 is 0. The Hall–Kier alpha value is -3.57. The first kappa shape index (κ1) is 34.8. The molecule has 4 aliphatic rings.